The molecule has 0 aliphatic carbocycles. The summed E-state index contributed by atoms with van der Waals surface area (Å²) in [5.41, 5.74) is 0.318. The quantitative estimate of drug-likeness (QED) is 0.811. The largest absolute Gasteiger partial charge is 0.477 e. The van der Waals surface area contributed by atoms with E-state index in [-0.39, 0.29) is 0 Å². The summed E-state index contributed by atoms with van der Waals surface area (Å²) < 4.78 is 3.45. The summed E-state index contributed by atoms with van der Waals surface area (Å²) in [6.07, 6.45) is 6.00. The molecule has 6 heteroatoms. The average Bonchev–Trinajstić information content (AvgIpc) is 2.87. The molecule has 2 aromatic heterocycles. The molecule has 0 saturated heterocycles. The predicted octanol–water partition coefficient (Wildman–Crippen LogP) is 0.868. The molecule has 2 aromatic rings. The SMILES string of the molecule is O=C(O)c1cccn1CCCn1ccnn1. The van der Waals surface area contributed by atoms with Crippen LogP contribution in [-0.2, 0) is 13.1 Å². The van der Waals surface area contributed by atoms with Crippen molar-refractivity contribution in [2.75, 3.05) is 0 Å². The number of hydrogen-bond acceptors (Lipinski definition) is 3. The molecule has 0 aromatic carbocycles. The molecule has 0 atom stereocenters. The summed E-state index contributed by atoms with van der Waals surface area (Å²) >= 11 is 0. The molecule has 0 radical (unpaired) electrons. The molecule has 0 spiro atoms. The number of carbonyl (C=O) groups is 1. The van der Waals surface area contributed by atoms with E-state index in [9.17, 15) is 4.79 Å². The van der Waals surface area contributed by atoms with Gasteiger partial charge in [-0.05, 0) is 18.6 Å². The van der Waals surface area contributed by atoms with Crippen molar-refractivity contribution in [1.82, 2.24) is 19.6 Å². The number of nitrogens with zero attached hydrogens (tertiary/aromatic N) is 4. The van der Waals surface area contributed by atoms with Crippen LogP contribution in [0, 0.1) is 0 Å². The topological polar surface area (TPSA) is 72.9 Å². The van der Waals surface area contributed by atoms with Crippen molar-refractivity contribution in [1.29, 1.82) is 0 Å². The molecule has 0 saturated carbocycles. The lowest BCUT2D eigenvalue weighted by atomic mass is 10.4. The Kier molecular flexibility index (Phi) is 3.00. The van der Waals surface area contributed by atoms with Gasteiger partial charge in [0.25, 0.3) is 0 Å². The maximum Gasteiger partial charge on any atom is 0.352 e. The smallest absolute Gasteiger partial charge is 0.352 e. The number of carboxylic acids is 1. The fourth-order valence-electron chi connectivity index (χ4n) is 1.56. The number of rotatable bonds is 5. The first-order valence-corrected chi connectivity index (χ1v) is 5.00. The van der Waals surface area contributed by atoms with Crippen LogP contribution in [0.5, 0.6) is 0 Å². The lowest BCUT2D eigenvalue weighted by molar-refractivity contribution is 0.0685. The van der Waals surface area contributed by atoms with Gasteiger partial charge >= 0.3 is 5.97 Å². The zero-order chi connectivity index (χ0) is 11.4. The molecule has 1 N–H and O–H groups in total. The molecule has 6 nitrogen and oxygen atoms in total. The third kappa shape index (κ3) is 2.28. The van der Waals surface area contributed by atoms with Crippen LogP contribution in [0.1, 0.15) is 16.9 Å². The van der Waals surface area contributed by atoms with Gasteiger partial charge in [-0.2, -0.15) is 0 Å². The van der Waals surface area contributed by atoms with Gasteiger partial charge in [0.2, 0.25) is 0 Å². The molecule has 2 heterocycles. The minimum atomic E-state index is -0.897. The normalized spacial score (nSPS) is 10.5. The third-order valence-electron chi connectivity index (χ3n) is 2.31. The molecule has 0 unspecified atom stereocenters. The van der Waals surface area contributed by atoms with E-state index >= 15 is 0 Å². The molecule has 84 valence electrons. The van der Waals surface area contributed by atoms with Crippen LogP contribution in [0.25, 0.3) is 0 Å². The molecular weight excluding hydrogens is 208 g/mol. The lowest BCUT2D eigenvalue weighted by Gasteiger charge is -2.05. The Hall–Kier alpha value is -2.11. The van der Waals surface area contributed by atoms with Crippen molar-refractivity contribution < 1.29 is 9.90 Å². The van der Waals surface area contributed by atoms with Crippen LogP contribution in [0.15, 0.2) is 30.7 Å². The van der Waals surface area contributed by atoms with Gasteiger partial charge in [-0.25, -0.2) is 4.79 Å². The predicted molar refractivity (Wildman–Crippen MR) is 56.0 cm³/mol. The van der Waals surface area contributed by atoms with Gasteiger partial charge in [-0.3, -0.25) is 4.68 Å². The van der Waals surface area contributed by atoms with Crippen molar-refractivity contribution in [3.8, 4) is 0 Å². The highest BCUT2D eigenvalue weighted by Gasteiger charge is 2.07. The molecule has 0 bridgehead atoms. The van der Waals surface area contributed by atoms with Gasteiger partial charge in [-0.15, -0.1) is 5.10 Å². The fourth-order valence-corrected chi connectivity index (χ4v) is 1.56. The number of aromatic nitrogens is 4. The Morgan fingerprint density at radius 2 is 2.25 bits per heavy atom. The summed E-state index contributed by atoms with van der Waals surface area (Å²) in [4.78, 5) is 10.8. The van der Waals surface area contributed by atoms with E-state index in [1.54, 1.807) is 40.0 Å². The molecular formula is C10H12N4O2. The van der Waals surface area contributed by atoms with Crippen LogP contribution < -0.4 is 0 Å². The zero-order valence-electron chi connectivity index (χ0n) is 8.65. The molecule has 0 amide bonds. The second-order valence-corrected chi connectivity index (χ2v) is 3.41. The van der Waals surface area contributed by atoms with E-state index < -0.39 is 5.97 Å². The Balaban J connectivity index is 1.90. The van der Waals surface area contributed by atoms with Crippen LogP contribution in [-0.4, -0.2) is 30.6 Å². The van der Waals surface area contributed by atoms with Gasteiger partial charge in [-0.1, -0.05) is 5.21 Å². The molecule has 0 fully saturated rings. The standard InChI is InChI=1S/C10H12N4O2/c15-10(16)9-3-1-5-13(9)6-2-7-14-8-4-11-12-14/h1,3-5,8H,2,6-7H2,(H,15,16). The van der Waals surface area contributed by atoms with Crippen molar-refractivity contribution in [2.24, 2.45) is 0 Å². The van der Waals surface area contributed by atoms with Crippen molar-refractivity contribution in [3.63, 3.8) is 0 Å². The third-order valence-corrected chi connectivity index (χ3v) is 2.31. The van der Waals surface area contributed by atoms with Gasteiger partial charge < -0.3 is 9.67 Å². The van der Waals surface area contributed by atoms with Crippen LogP contribution >= 0.6 is 0 Å². The first-order valence-electron chi connectivity index (χ1n) is 5.00. The minimum Gasteiger partial charge on any atom is -0.477 e. The summed E-state index contributed by atoms with van der Waals surface area (Å²) in [7, 11) is 0. The molecule has 2 rings (SSSR count). The van der Waals surface area contributed by atoms with Gasteiger partial charge in [0.05, 0.1) is 6.20 Å². The van der Waals surface area contributed by atoms with E-state index in [4.69, 9.17) is 5.11 Å². The summed E-state index contributed by atoms with van der Waals surface area (Å²) in [6, 6.07) is 3.33. The van der Waals surface area contributed by atoms with E-state index in [0.29, 0.717) is 12.2 Å². The average molecular weight is 220 g/mol. The first kappa shape index (κ1) is 10.4. The highest BCUT2D eigenvalue weighted by Crippen LogP contribution is 2.04. The highest BCUT2D eigenvalue weighted by atomic mass is 16.4. The second kappa shape index (κ2) is 4.61. The van der Waals surface area contributed by atoms with Crippen LogP contribution in [0.2, 0.25) is 0 Å². The molecule has 16 heavy (non-hydrogen) atoms. The Morgan fingerprint density at radius 3 is 2.94 bits per heavy atom. The van der Waals surface area contributed by atoms with E-state index in [1.807, 2.05) is 0 Å². The first-order chi connectivity index (χ1) is 7.77. The number of hydrogen-bond donors (Lipinski definition) is 1. The maximum absolute atomic E-state index is 10.8. The highest BCUT2D eigenvalue weighted by molar-refractivity contribution is 5.85. The van der Waals surface area contributed by atoms with Crippen LogP contribution in [0.4, 0.5) is 0 Å². The van der Waals surface area contributed by atoms with Crippen molar-refractivity contribution in [3.05, 3.63) is 36.4 Å². The fraction of sp³-hybridized carbons (Fsp3) is 0.300. The van der Waals surface area contributed by atoms with E-state index in [0.717, 1.165) is 13.0 Å². The molecule has 0 aliphatic heterocycles. The number of aromatic carboxylic acids is 1. The van der Waals surface area contributed by atoms with Crippen LogP contribution in [0.3, 0.4) is 0 Å². The molecule has 0 aliphatic rings. The van der Waals surface area contributed by atoms with Crippen molar-refractivity contribution in [2.45, 2.75) is 19.5 Å². The maximum atomic E-state index is 10.8. The Morgan fingerprint density at radius 1 is 1.38 bits per heavy atom. The summed E-state index contributed by atoms with van der Waals surface area (Å²) in [6.45, 7) is 1.39. The van der Waals surface area contributed by atoms with E-state index in [2.05, 4.69) is 10.3 Å². The summed E-state index contributed by atoms with van der Waals surface area (Å²) in [5.74, 6) is -0.897. The number of carboxylic acid groups (broad SMARTS) is 1. The summed E-state index contributed by atoms with van der Waals surface area (Å²) in [5, 5.41) is 16.4. The van der Waals surface area contributed by atoms with Gasteiger partial charge in [0, 0.05) is 25.5 Å². The minimum absolute atomic E-state index is 0.318. The van der Waals surface area contributed by atoms with Gasteiger partial charge in [0.15, 0.2) is 0 Å². The van der Waals surface area contributed by atoms with Crippen molar-refractivity contribution >= 4 is 5.97 Å². The lowest BCUT2D eigenvalue weighted by Crippen LogP contribution is -2.10. The second-order valence-electron chi connectivity index (χ2n) is 3.41. The number of aryl methyl sites for hydroxylation is 2. The monoisotopic (exact) mass is 220 g/mol. The Bertz CT molecular complexity index is 461. The van der Waals surface area contributed by atoms with E-state index in [1.165, 1.54) is 0 Å². The zero-order valence-corrected chi connectivity index (χ0v) is 8.65. The Labute approximate surface area is 92.1 Å². The van der Waals surface area contributed by atoms with Gasteiger partial charge in [0.1, 0.15) is 5.69 Å².